The number of nitrogens with one attached hydrogen (secondary N) is 1. The van der Waals surface area contributed by atoms with Crippen LogP contribution >= 0.6 is 23.2 Å². The molecule has 1 N–H and O–H groups in total. The van der Waals surface area contributed by atoms with Crippen LogP contribution in [0.3, 0.4) is 0 Å². The Morgan fingerprint density at radius 2 is 1.73 bits per heavy atom. The summed E-state index contributed by atoms with van der Waals surface area (Å²) >= 11 is 11.9. The number of para-hydroxylation sites is 1. The number of halogens is 2. The van der Waals surface area contributed by atoms with E-state index >= 15 is 0 Å². The van der Waals surface area contributed by atoms with Crippen LogP contribution in [0.25, 0.3) is 6.08 Å². The van der Waals surface area contributed by atoms with Crippen molar-refractivity contribution in [1.29, 1.82) is 0 Å². The number of hydrogen-bond acceptors (Lipinski definition) is 2. The molecule has 0 bridgehead atoms. The monoisotopic (exact) mass is 332 g/mol. The zero-order valence-corrected chi connectivity index (χ0v) is 12.7. The van der Waals surface area contributed by atoms with Gasteiger partial charge in [-0.15, -0.1) is 0 Å². The number of nitrogens with zero attached hydrogens (tertiary/aromatic N) is 1. The summed E-state index contributed by atoms with van der Waals surface area (Å²) in [7, 11) is 0. The maximum absolute atomic E-state index is 12.4. The van der Waals surface area contributed by atoms with Crippen molar-refractivity contribution in [1.82, 2.24) is 5.43 Å². The van der Waals surface area contributed by atoms with E-state index in [4.69, 9.17) is 23.2 Å². The summed E-state index contributed by atoms with van der Waals surface area (Å²) in [5.41, 5.74) is 3.69. The van der Waals surface area contributed by atoms with Crippen molar-refractivity contribution in [2.24, 2.45) is 0 Å². The van der Waals surface area contributed by atoms with E-state index in [1.165, 1.54) is 11.1 Å². The minimum atomic E-state index is -0.472. The van der Waals surface area contributed by atoms with Crippen molar-refractivity contribution in [2.45, 2.75) is 0 Å². The molecule has 0 aliphatic carbocycles. The first kappa shape index (κ1) is 14.6. The highest BCUT2D eigenvalue weighted by atomic mass is 35.5. The summed E-state index contributed by atoms with van der Waals surface area (Å²) in [4.78, 5) is 24.4. The van der Waals surface area contributed by atoms with Gasteiger partial charge in [-0.05, 0) is 35.9 Å². The predicted molar refractivity (Wildman–Crippen MR) is 86.5 cm³/mol. The van der Waals surface area contributed by atoms with Gasteiger partial charge in [-0.3, -0.25) is 15.0 Å². The summed E-state index contributed by atoms with van der Waals surface area (Å²) in [6.45, 7) is 0. The van der Waals surface area contributed by atoms with Gasteiger partial charge in [-0.1, -0.05) is 47.5 Å². The molecular formula is C16H10Cl2N2O2. The quantitative estimate of drug-likeness (QED) is 0.676. The number of carbonyl (C=O) groups excluding carboxylic acids is 2. The van der Waals surface area contributed by atoms with Crippen LogP contribution in [0.4, 0.5) is 5.69 Å². The summed E-state index contributed by atoms with van der Waals surface area (Å²) in [5, 5.41) is 2.07. The molecule has 22 heavy (non-hydrogen) atoms. The Hall–Kier alpha value is -2.30. The van der Waals surface area contributed by atoms with E-state index in [1.807, 2.05) is 6.07 Å². The molecule has 0 radical (unpaired) electrons. The lowest BCUT2D eigenvalue weighted by Crippen LogP contribution is -2.35. The van der Waals surface area contributed by atoms with Gasteiger partial charge in [-0.2, -0.15) is 0 Å². The number of benzene rings is 2. The maximum Gasteiger partial charge on any atom is 0.282 e. The lowest BCUT2D eigenvalue weighted by atomic mass is 10.1. The fourth-order valence-corrected chi connectivity index (χ4v) is 2.55. The largest absolute Gasteiger partial charge is 0.282 e. The van der Waals surface area contributed by atoms with Crippen molar-refractivity contribution < 1.29 is 9.59 Å². The molecular weight excluding hydrogens is 323 g/mol. The van der Waals surface area contributed by atoms with Crippen LogP contribution in [0.15, 0.2) is 54.1 Å². The normalized spacial score (nSPS) is 16.3. The standard InChI is InChI=1S/C16H10Cl2N2O2/c17-11-7-6-10(14(18)9-11)8-13-15(21)19-20(16(13)22)12-4-2-1-3-5-12/h1-9H,(H,19,21)/b13-8+. The maximum atomic E-state index is 12.4. The SMILES string of the molecule is O=C1NN(c2ccccc2)C(=O)/C1=C/c1ccc(Cl)cc1Cl. The second kappa shape index (κ2) is 5.83. The minimum Gasteiger partial charge on any atom is -0.267 e. The number of hydrogen-bond donors (Lipinski definition) is 1. The molecule has 2 amide bonds. The predicted octanol–water partition coefficient (Wildman–Crippen LogP) is 3.45. The molecule has 1 heterocycles. The first-order valence-corrected chi connectivity index (χ1v) is 7.19. The lowest BCUT2D eigenvalue weighted by Gasteiger charge is -2.13. The van der Waals surface area contributed by atoms with Crippen molar-refractivity contribution in [3.05, 3.63) is 69.7 Å². The molecule has 1 aliphatic rings. The van der Waals surface area contributed by atoms with Crippen LogP contribution < -0.4 is 10.4 Å². The van der Waals surface area contributed by atoms with Crippen molar-refractivity contribution in [3.63, 3.8) is 0 Å². The number of hydrazine groups is 1. The molecule has 2 aromatic carbocycles. The number of rotatable bonds is 2. The molecule has 0 saturated carbocycles. The van der Waals surface area contributed by atoms with Gasteiger partial charge in [0.15, 0.2) is 0 Å². The van der Waals surface area contributed by atoms with E-state index in [2.05, 4.69) is 5.43 Å². The summed E-state index contributed by atoms with van der Waals surface area (Å²) in [5.74, 6) is -0.901. The van der Waals surface area contributed by atoms with Crippen LogP contribution in [0, 0.1) is 0 Å². The molecule has 4 nitrogen and oxygen atoms in total. The van der Waals surface area contributed by atoms with Gasteiger partial charge in [0.2, 0.25) is 0 Å². The Morgan fingerprint density at radius 3 is 2.41 bits per heavy atom. The molecule has 0 aromatic heterocycles. The Kier molecular flexibility index (Phi) is 3.88. The second-order valence-corrected chi connectivity index (χ2v) is 5.48. The molecule has 3 rings (SSSR count). The Bertz CT molecular complexity index is 788. The topological polar surface area (TPSA) is 49.4 Å². The molecule has 6 heteroatoms. The first-order valence-electron chi connectivity index (χ1n) is 6.43. The summed E-state index contributed by atoms with van der Waals surface area (Å²) in [6.07, 6.45) is 1.46. The molecule has 0 atom stereocenters. The van der Waals surface area contributed by atoms with E-state index in [0.717, 1.165) is 0 Å². The second-order valence-electron chi connectivity index (χ2n) is 4.64. The number of carbonyl (C=O) groups is 2. The van der Waals surface area contributed by atoms with Gasteiger partial charge in [0, 0.05) is 10.0 Å². The van der Waals surface area contributed by atoms with Crippen LogP contribution in [-0.2, 0) is 9.59 Å². The van der Waals surface area contributed by atoms with Crippen LogP contribution in [-0.4, -0.2) is 11.8 Å². The van der Waals surface area contributed by atoms with E-state index in [0.29, 0.717) is 21.3 Å². The van der Waals surface area contributed by atoms with E-state index in [9.17, 15) is 9.59 Å². The Labute approximate surface area is 136 Å². The molecule has 1 fully saturated rings. The average Bonchev–Trinajstić information content (AvgIpc) is 2.79. The summed E-state index contributed by atoms with van der Waals surface area (Å²) < 4.78 is 0. The van der Waals surface area contributed by atoms with Crippen LogP contribution in [0.5, 0.6) is 0 Å². The van der Waals surface area contributed by atoms with Crippen molar-refractivity contribution in [3.8, 4) is 0 Å². The van der Waals surface area contributed by atoms with Gasteiger partial charge < -0.3 is 0 Å². The fourth-order valence-electron chi connectivity index (χ4n) is 2.09. The third kappa shape index (κ3) is 2.71. The highest BCUT2D eigenvalue weighted by Gasteiger charge is 2.34. The van der Waals surface area contributed by atoms with Gasteiger partial charge in [0.1, 0.15) is 5.57 Å². The van der Waals surface area contributed by atoms with E-state index < -0.39 is 11.8 Å². The van der Waals surface area contributed by atoms with Gasteiger partial charge >= 0.3 is 0 Å². The zero-order chi connectivity index (χ0) is 15.7. The van der Waals surface area contributed by atoms with E-state index in [-0.39, 0.29) is 5.57 Å². The molecule has 110 valence electrons. The van der Waals surface area contributed by atoms with Crippen LogP contribution in [0.2, 0.25) is 10.0 Å². The highest BCUT2D eigenvalue weighted by Crippen LogP contribution is 2.26. The minimum absolute atomic E-state index is 0.0214. The van der Waals surface area contributed by atoms with Crippen molar-refractivity contribution in [2.75, 3.05) is 5.01 Å². The Morgan fingerprint density at radius 1 is 1.00 bits per heavy atom. The van der Waals surface area contributed by atoms with Crippen molar-refractivity contribution >= 4 is 46.8 Å². The van der Waals surface area contributed by atoms with Gasteiger partial charge in [-0.25, -0.2) is 5.01 Å². The smallest absolute Gasteiger partial charge is 0.267 e. The third-order valence-corrected chi connectivity index (χ3v) is 3.73. The third-order valence-electron chi connectivity index (χ3n) is 3.17. The fraction of sp³-hybridized carbons (Fsp3) is 0. The number of anilines is 1. The average molecular weight is 333 g/mol. The van der Waals surface area contributed by atoms with Gasteiger partial charge in [0.25, 0.3) is 11.8 Å². The summed E-state index contributed by atoms with van der Waals surface area (Å²) in [6, 6.07) is 13.7. The Balaban J connectivity index is 1.96. The highest BCUT2D eigenvalue weighted by molar-refractivity contribution is 6.36. The molecule has 0 unspecified atom stereocenters. The lowest BCUT2D eigenvalue weighted by molar-refractivity contribution is -0.117. The molecule has 1 saturated heterocycles. The van der Waals surface area contributed by atoms with E-state index in [1.54, 1.807) is 42.5 Å². The molecule has 0 spiro atoms. The van der Waals surface area contributed by atoms with Gasteiger partial charge in [0.05, 0.1) is 5.69 Å². The van der Waals surface area contributed by atoms with Crippen LogP contribution in [0.1, 0.15) is 5.56 Å². The zero-order valence-electron chi connectivity index (χ0n) is 11.2. The first-order chi connectivity index (χ1) is 10.6. The molecule has 2 aromatic rings. The number of amides is 2. The molecule has 1 aliphatic heterocycles.